The lowest BCUT2D eigenvalue weighted by Crippen LogP contribution is -1.89. The summed E-state index contributed by atoms with van der Waals surface area (Å²) >= 11 is 6.04. The van der Waals surface area contributed by atoms with Gasteiger partial charge in [-0.25, -0.2) is 0 Å². The molecule has 4 heteroatoms. The Balaban J connectivity index is 2.77. The first-order valence-electron chi connectivity index (χ1n) is 4.33. The molecule has 76 valence electrons. The molecule has 0 unspecified atom stereocenters. The van der Waals surface area contributed by atoms with Crippen molar-refractivity contribution in [3.8, 4) is 5.75 Å². The van der Waals surface area contributed by atoms with Gasteiger partial charge < -0.3 is 4.74 Å². The largest absolute Gasteiger partial charge is 0.497 e. The molecule has 1 aromatic carbocycles. The molecule has 3 nitrogen and oxygen atoms in total. The topological polar surface area (TPSA) is 39.2 Å². The minimum atomic E-state index is 0.386. The van der Waals surface area contributed by atoms with Crippen LogP contribution < -0.4 is 4.74 Å². The zero-order valence-electron chi connectivity index (χ0n) is 8.03. The fraction of sp³-hybridized carbons (Fsp3) is 0.0909. The molecule has 0 radical (unpaired) electrons. The average molecular weight is 222 g/mol. The summed E-state index contributed by atoms with van der Waals surface area (Å²) < 4.78 is 5.08. The highest BCUT2D eigenvalue weighted by Gasteiger charge is 2.06. The van der Waals surface area contributed by atoms with Crippen molar-refractivity contribution in [3.63, 3.8) is 0 Å². The maximum Gasteiger partial charge on any atom is 0.153 e. The van der Waals surface area contributed by atoms with Gasteiger partial charge in [-0.05, 0) is 18.2 Å². The molecule has 0 fully saturated rings. The first-order valence-corrected chi connectivity index (χ1v) is 4.71. The van der Waals surface area contributed by atoms with Gasteiger partial charge in [0.15, 0.2) is 6.29 Å². The number of halogens is 1. The molecule has 2 rings (SSSR count). The van der Waals surface area contributed by atoms with Crippen LogP contribution in [0.15, 0.2) is 24.4 Å². The van der Waals surface area contributed by atoms with E-state index in [0.29, 0.717) is 22.6 Å². The number of pyridine rings is 1. The number of benzene rings is 1. The quantitative estimate of drug-likeness (QED) is 0.732. The highest BCUT2D eigenvalue weighted by Crippen LogP contribution is 2.27. The molecule has 0 N–H and O–H groups in total. The van der Waals surface area contributed by atoms with Crippen molar-refractivity contribution in [2.45, 2.75) is 0 Å². The smallest absolute Gasteiger partial charge is 0.153 e. The Kier molecular flexibility index (Phi) is 2.56. The third-order valence-electron chi connectivity index (χ3n) is 2.16. The van der Waals surface area contributed by atoms with Gasteiger partial charge in [0, 0.05) is 11.6 Å². The predicted octanol–water partition coefficient (Wildman–Crippen LogP) is 2.71. The van der Waals surface area contributed by atoms with Crippen LogP contribution in [0.5, 0.6) is 5.75 Å². The predicted molar refractivity (Wildman–Crippen MR) is 58.7 cm³/mol. The fourth-order valence-electron chi connectivity index (χ4n) is 1.36. The highest BCUT2D eigenvalue weighted by molar-refractivity contribution is 6.37. The van der Waals surface area contributed by atoms with E-state index >= 15 is 0 Å². The molecule has 2 aromatic rings. The Labute approximate surface area is 91.6 Å². The summed E-state index contributed by atoms with van der Waals surface area (Å²) in [5.74, 6) is 0.689. The van der Waals surface area contributed by atoms with E-state index in [0.717, 1.165) is 10.9 Å². The number of rotatable bonds is 2. The first kappa shape index (κ1) is 9.93. The molecule has 0 aliphatic heterocycles. The van der Waals surface area contributed by atoms with Crippen LogP contribution >= 0.6 is 11.6 Å². The van der Waals surface area contributed by atoms with Crippen LogP contribution in [0.25, 0.3) is 10.9 Å². The van der Waals surface area contributed by atoms with E-state index in [9.17, 15) is 4.79 Å². The first-order chi connectivity index (χ1) is 7.26. The van der Waals surface area contributed by atoms with Crippen molar-refractivity contribution in [3.05, 3.63) is 35.0 Å². The number of fused-ring (bicyclic) bond motifs is 1. The van der Waals surface area contributed by atoms with Crippen LogP contribution in [-0.2, 0) is 0 Å². The van der Waals surface area contributed by atoms with Crippen LogP contribution in [-0.4, -0.2) is 18.4 Å². The van der Waals surface area contributed by atoms with Crippen molar-refractivity contribution < 1.29 is 9.53 Å². The zero-order valence-corrected chi connectivity index (χ0v) is 8.78. The summed E-state index contributed by atoms with van der Waals surface area (Å²) in [7, 11) is 1.58. The number of hydrogen-bond acceptors (Lipinski definition) is 3. The van der Waals surface area contributed by atoms with Crippen LogP contribution in [0.4, 0.5) is 0 Å². The van der Waals surface area contributed by atoms with Gasteiger partial charge in [-0.15, -0.1) is 0 Å². The average Bonchev–Trinajstić information content (AvgIpc) is 2.29. The van der Waals surface area contributed by atoms with E-state index in [-0.39, 0.29) is 0 Å². The van der Waals surface area contributed by atoms with E-state index in [2.05, 4.69) is 4.98 Å². The molecular weight excluding hydrogens is 214 g/mol. The standard InChI is InChI=1S/C11H8ClNO2/c1-15-8-2-3-10-9(4-8)11(12)7(6-14)5-13-10/h2-6H,1H3. The summed E-state index contributed by atoms with van der Waals surface area (Å²) in [4.78, 5) is 14.8. The Morgan fingerprint density at radius 3 is 2.93 bits per heavy atom. The SMILES string of the molecule is COc1ccc2ncc(C=O)c(Cl)c2c1. The molecule has 1 aromatic heterocycles. The van der Waals surface area contributed by atoms with Gasteiger partial charge >= 0.3 is 0 Å². The summed E-state index contributed by atoms with van der Waals surface area (Å²) in [6.07, 6.45) is 2.15. The summed E-state index contributed by atoms with van der Waals surface area (Å²) in [5, 5.41) is 1.13. The minimum Gasteiger partial charge on any atom is -0.497 e. The van der Waals surface area contributed by atoms with E-state index in [1.54, 1.807) is 25.3 Å². The Hall–Kier alpha value is -1.61. The van der Waals surface area contributed by atoms with Crippen LogP contribution in [0.3, 0.4) is 0 Å². The van der Waals surface area contributed by atoms with Crippen molar-refractivity contribution in [1.29, 1.82) is 0 Å². The van der Waals surface area contributed by atoms with Crippen molar-refractivity contribution in [2.24, 2.45) is 0 Å². The van der Waals surface area contributed by atoms with Crippen molar-refractivity contribution in [1.82, 2.24) is 4.98 Å². The monoisotopic (exact) mass is 221 g/mol. The van der Waals surface area contributed by atoms with E-state index < -0.39 is 0 Å². The molecule has 0 aliphatic rings. The molecular formula is C11H8ClNO2. The second kappa shape index (κ2) is 3.87. The maximum atomic E-state index is 10.7. The molecule has 0 amide bonds. The van der Waals surface area contributed by atoms with Gasteiger partial charge in [0.1, 0.15) is 5.75 Å². The van der Waals surface area contributed by atoms with Gasteiger partial charge in [-0.1, -0.05) is 11.6 Å². The second-order valence-corrected chi connectivity index (χ2v) is 3.41. The van der Waals surface area contributed by atoms with Gasteiger partial charge in [-0.2, -0.15) is 0 Å². The molecule has 0 bridgehead atoms. The van der Waals surface area contributed by atoms with Gasteiger partial charge in [0.05, 0.1) is 23.2 Å². The number of ether oxygens (including phenoxy) is 1. The lowest BCUT2D eigenvalue weighted by atomic mass is 10.1. The number of carbonyl (C=O) groups is 1. The summed E-state index contributed by atoms with van der Waals surface area (Å²) in [6, 6.07) is 5.36. The fourth-order valence-corrected chi connectivity index (χ4v) is 1.61. The summed E-state index contributed by atoms with van der Waals surface area (Å²) in [5.41, 5.74) is 1.13. The van der Waals surface area contributed by atoms with Gasteiger partial charge in [0.25, 0.3) is 0 Å². The van der Waals surface area contributed by atoms with Crippen LogP contribution in [0.2, 0.25) is 5.02 Å². The van der Waals surface area contributed by atoms with Crippen LogP contribution in [0, 0.1) is 0 Å². The van der Waals surface area contributed by atoms with E-state index in [4.69, 9.17) is 16.3 Å². The second-order valence-electron chi connectivity index (χ2n) is 3.03. The molecule has 0 saturated carbocycles. The summed E-state index contributed by atoms with van der Waals surface area (Å²) in [6.45, 7) is 0. The van der Waals surface area contributed by atoms with Crippen molar-refractivity contribution in [2.75, 3.05) is 7.11 Å². The number of aldehydes is 1. The lowest BCUT2D eigenvalue weighted by Gasteiger charge is -2.04. The third-order valence-corrected chi connectivity index (χ3v) is 2.59. The van der Waals surface area contributed by atoms with Gasteiger partial charge in [0.2, 0.25) is 0 Å². The zero-order chi connectivity index (χ0) is 10.8. The molecule has 0 spiro atoms. The van der Waals surface area contributed by atoms with Crippen molar-refractivity contribution >= 4 is 28.8 Å². The maximum absolute atomic E-state index is 10.7. The van der Waals surface area contributed by atoms with E-state index in [1.807, 2.05) is 0 Å². The molecule has 0 aliphatic carbocycles. The number of methoxy groups -OCH3 is 1. The van der Waals surface area contributed by atoms with Gasteiger partial charge in [-0.3, -0.25) is 9.78 Å². The highest BCUT2D eigenvalue weighted by atomic mass is 35.5. The number of nitrogens with zero attached hydrogens (tertiary/aromatic N) is 1. The van der Waals surface area contributed by atoms with Crippen LogP contribution in [0.1, 0.15) is 10.4 Å². The Morgan fingerprint density at radius 2 is 2.27 bits per heavy atom. The number of hydrogen-bond donors (Lipinski definition) is 0. The molecule has 0 atom stereocenters. The normalized spacial score (nSPS) is 10.3. The molecule has 1 heterocycles. The lowest BCUT2D eigenvalue weighted by molar-refractivity contribution is 0.112. The molecule has 15 heavy (non-hydrogen) atoms. The minimum absolute atomic E-state index is 0.386. The third kappa shape index (κ3) is 1.66. The Morgan fingerprint density at radius 1 is 1.47 bits per heavy atom. The molecule has 0 saturated heterocycles. The number of aromatic nitrogens is 1. The Bertz CT molecular complexity index is 525. The number of carbonyl (C=O) groups excluding carboxylic acids is 1. The van der Waals surface area contributed by atoms with E-state index in [1.165, 1.54) is 6.20 Å².